The van der Waals surface area contributed by atoms with E-state index in [0.29, 0.717) is 45.1 Å². The van der Waals surface area contributed by atoms with Gasteiger partial charge in [0.25, 0.3) is 0 Å². The van der Waals surface area contributed by atoms with E-state index in [2.05, 4.69) is 0 Å². The Kier molecular flexibility index (Phi) is 28.0. The van der Waals surface area contributed by atoms with Gasteiger partial charge >= 0.3 is 11.9 Å². The minimum absolute atomic E-state index is 0.164. The summed E-state index contributed by atoms with van der Waals surface area (Å²) in [5, 5.41) is 57.7. The predicted octanol–water partition coefficient (Wildman–Crippen LogP) is 5.41. The lowest BCUT2D eigenvalue weighted by Gasteiger charge is -2.17. The van der Waals surface area contributed by atoms with Gasteiger partial charge in [0.1, 0.15) is 0 Å². The van der Waals surface area contributed by atoms with Crippen molar-refractivity contribution < 1.29 is 45.0 Å². The maximum atomic E-state index is 11.9. The van der Waals surface area contributed by atoms with Crippen LogP contribution in [0.5, 0.6) is 0 Å². The van der Waals surface area contributed by atoms with Crippen molar-refractivity contribution in [1.82, 2.24) is 0 Å². The van der Waals surface area contributed by atoms with Crippen LogP contribution in [0.25, 0.3) is 0 Å². The highest BCUT2D eigenvalue weighted by Gasteiger charge is 2.16. The molecule has 0 spiro atoms. The van der Waals surface area contributed by atoms with E-state index in [1.807, 2.05) is 0 Å². The number of aliphatic hydroxyl groups is 5. The molecule has 0 aromatic carbocycles. The fourth-order valence-electron chi connectivity index (χ4n) is 4.97. The van der Waals surface area contributed by atoms with Gasteiger partial charge in [-0.2, -0.15) is 0 Å². The molecule has 0 amide bonds. The summed E-state index contributed by atoms with van der Waals surface area (Å²) in [7, 11) is 0. The van der Waals surface area contributed by atoms with E-state index in [4.69, 9.17) is 14.9 Å². The number of esters is 1. The molecular weight excluding hydrogens is 528 g/mol. The summed E-state index contributed by atoms with van der Waals surface area (Å²) in [6, 6.07) is 0. The number of carboxylic acid groups (broad SMARTS) is 1. The maximum Gasteiger partial charge on any atom is 0.305 e. The Labute approximate surface area is 248 Å². The second kappa shape index (κ2) is 28.8. The summed E-state index contributed by atoms with van der Waals surface area (Å²) in [4.78, 5) is 22.4. The molecule has 0 aromatic rings. The molecule has 4 unspecified atom stereocenters. The zero-order valence-electron chi connectivity index (χ0n) is 25.6. The second-order valence-electron chi connectivity index (χ2n) is 11.6. The van der Waals surface area contributed by atoms with Crippen molar-refractivity contribution in [2.24, 2.45) is 0 Å². The minimum atomic E-state index is -0.760. The van der Waals surface area contributed by atoms with Crippen LogP contribution in [-0.4, -0.2) is 80.2 Å². The van der Waals surface area contributed by atoms with Crippen molar-refractivity contribution >= 4 is 11.9 Å². The number of ether oxygens (including phenoxy) is 1. The zero-order chi connectivity index (χ0) is 30.6. The van der Waals surface area contributed by atoms with Crippen LogP contribution >= 0.6 is 0 Å². The molecule has 0 rings (SSSR count). The third kappa shape index (κ3) is 27.3. The number of rotatable bonds is 31. The number of carboxylic acids is 1. The van der Waals surface area contributed by atoms with Crippen molar-refractivity contribution in [1.29, 1.82) is 0 Å². The number of carbonyl (C=O) groups excluding carboxylic acids is 1. The first-order chi connectivity index (χ1) is 19.8. The third-order valence-corrected chi connectivity index (χ3v) is 7.72. The Morgan fingerprint density at radius 2 is 0.805 bits per heavy atom. The Balaban J connectivity index is 3.50. The van der Waals surface area contributed by atoms with Crippen LogP contribution in [0.2, 0.25) is 0 Å². The molecule has 0 fully saturated rings. The topological polar surface area (TPSA) is 165 Å². The summed E-state index contributed by atoms with van der Waals surface area (Å²) < 4.78 is 5.31. The van der Waals surface area contributed by atoms with Crippen LogP contribution in [0.1, 0.15) is 154 Å². The smallest absolute Gasteiger partial charge is 0.305 e. The number of aliphatic carboxylic acids is 1. The Bertz CT molecular complexity index is 602. The maximum absolute atomic E-state index is 11.9. The summed E-state index contributed by atoms with van der Waals surface area (Å²) in [6.07, 6.45) is 16.1. The van der Waals surface area contributed by atoms with Crippen LogP contribution in [-0.2, 0) is 14.3 Å². The van der Waals surface area contributed by atoms with Gasteiger partial charge in [-0.3, -0.25) is 9.59 Å². The molecule has 6 N–H and O–H groups in total. The quantitative estimate of drug-likeness (QED) is 0.0457. The van der Waals surface area contributed by atoms with Crippen LogP contribution in [0.4, 0.5) is 0 Å². The van der Waals surface area contributed by atoms with Crippen LogP contribution in [0, 0.1) is 0 Å². The summed E-state index contributed by atoms with van der Waals surface area (Å²) in [5.41, 5.74) is 0. The van der Waals surface area contributed by atoms with Gasteiger partial charge in [-0.05, 0) is 51.4 Å². The van der Waals surface area contributed by atoms with Crippen LogP contribution in [0.15, 0.2) is 0 Å². The minimum Gasteiger partial charge on any atom is -0.481 e. The zero-order valence-corrected chi connectivity index (χ0v) is 25.6. The molecule has 0 heterocycles. The lowest BCUT2D eigenvalue weighted by molar-refractivity contribution is -0.144. The molecule has 0 saturated carbocycles. The van der Waals surface area contributed by atoms with E-state index in [9.17, 15) is 30.0 Å². The molecule has 4 atom stereocenters. The van der Waals surface area contributed by atoms with Crippen molar-refractivity contribution in [2.75, 3.05) is 13.2 Å². The average molecular weight is 591 g/mol. The molecule has 244 valence electrons. The molecule has 0 bridgehead atoms. The van der Waals surface area contributed by atoms with E-state index < -0.39 is 30.4 Å². The third-order valence-electron chi connectivity index (χ3n) is 7.72. The van der Waals surface area contributed by atoms with Gasteiger partial charge in [0.15, 0.2) is 0 Å². The summed E-state index contributed by atoms with van der Waals surface area (Å²) in [6.45, 7) is 0.621. The predicted molar refractivity (Wildman–Crippen MR) is 161 cm³/mol. The van der Waals surface area contributed by atoms with Gasteiger partial charge in [0.2, 0.25) is 0 Å². The van der Waals surface area contributed by atoms with E-state index >= 15 is 0 Å². The highest BCUT2D eigenvalue weighted by molar-refractivity contribution is 5.69. The number of unbranched alkanes of at least 4 members (excludes halogenated alkanes) is 14. The highest BCUT2D eigenvalue weighted by Crippen LogP contribution is 2.16. The van der Waals surface area contributed by atoms with Gasteiger partial charge in [0.05, 0.1) is 31.0 Å². The number of hydrogen-bond donors (Lipinski definition) is 6. The number of carbonyl (C=O) groups is 2. The fraction of sp³-hybridized carbons (Fsp3) is 0.938. The monoisotopic (exact) mass is 590 g/mol. The molecule has 0 saturated heterocycles. The normalized spacial score (nSPS) is 14.5. The van der Waals surface area contributed by atoms with E-state index in [1.165, 1.54) is 0 Å². The van der Waals surface area contributed by atoms with E-state index in [-0.39, 0.29) is 19.0 Å². The lowest BCUT2D eigenvalue weighted by Crippen LogP contribution is -2.25. The highest BCUT2D eigenvalue weighted by atomic mass is 16.5. The largest absolute Gasteiger partial charge is 0.481 e. The standard InChI is InChI=1S/C32H62O9/c33-25-17-9-7-13-21-29(36)27(34)20-12-4-2-6-16-24-32(40)41-26-18-10-8-14-22-30(37)28(35)19-11-3-1-5-15-23-31(38)39/h27-30,33-37H,1-26H2,(H,38,39). The average Bonchev–Trinajstić information content (AvgIpc) is 2.94. The molecular formula is C32H62O9. The Morgan fingerprint density at radius 1 is 0.463 bits per heavy atom. The fourth-order valence-corrected chi connectivity index (χ4v) is 4.97. The molecule has 0 radical (unpaired) electrons. The second-order valence-corrected chi connectivity index (χ2v) is 11.6. The van der Waals surface area contributed by atoms with Crippen molar-refractivity contribution in [3.8, 4) is 0 Å². The Hall–Kier alpha value is -1.26. The number of hydrogen-bond acceptors (Lipinski definition) is 8. The number of aliphatic hydroxyl groups excluding tert-OH is 5. The molecule has 0 aliphatic rings. The van der Waals surface area contributed by atoms with Gasteiger partial charge < -0.3 is 35.4 Å². The molecule has 0 aliphatic heterocycles. The molecule has 41 heavy (non-hydrogen) atoms. The van der Waals surface area contributed by atoms with Crippen molar-refractivity contribution in [3.05, 3.63) is 0 Å². The van der Waals surface area contributed by atoms with Gasteiger partial charge in [0, 0.05) is 19.4 Å². The van der Waals surface area contributed by atoms with Gasteiger partial charge in [-0.25, -0.2) is 0 Å². The molecule has 9 nitrogen and oxygen atoms in total. The Morgan fingerprint density at radius 3 is 1.22 bits per heavy atom. The summed E-state index contributed by atoms with van der Waals surface area (Å²) in [5.74, 6) is -0.924. The molecule has 9 heteroatoms. The van der Waals surface area contributed by atoms with Crippen molar-refractivity contribution in [2.45, 2.75) is 179 Å². The van der Waals surface area contributed by atoms with E-state index in [1.54, 1.807) is 0 Å². The SMILES string of the molecule is O=C(O)CCCCCCCC(O)C(O)CCCCCCOC(=O)CCCCCCCC(O)C(O)CCCCCCO. The first-order valence-electron chi connectivity index (χ1n) is 16.5. The van der Waals surface area contributed by atoms with E-state index in [0.717, 1.165) is 109 Å². The van der Waals surface area contributed by atoms with Crippen LogP contribution < -0.4 is 0 Å². The lowest BCUT2D eigenvalue weighted by atomic mass is 10.00. The van der Waals surface area contributed by atoms with Crippen LogP contribution in [0.3, 0.4) is 0 Å². The van der Waals surface area contributed by atoms with Gasteiger partial charge in [-0.1, -0.05) is 89.9 Å². The van der Waals surface area contributed by atoms with Crippen molar-refractivity contribution in [3.63, 3.8) is 0 Å². The molecule has 0 aliphatic carbocycles. The van der Waals surface area contributed by atoms with Gasteiger partial charge in [-0.15, -0.1) is 0 Å². The summed E-state index contributed by atoms with van der Waals surface area (Å²) >= 11 is 0. The molecule has 0 aromatic heterocycles. The first-order valence-corrected chi connectivity index (χ1v) is 16.5. The first kappa shape index (κ1) is 39.7.